The molecule has 5 aromatic rings. The van der Waals surface area contributed by atoms with Crippen LogP contribution in [0.5, 0.6) is 0 Å². The predicted molar refractivity (Wildman–Crippen MR) is 146 cm³/mol. The Morgan fingerprint density at radius 1 is 1.03 bits per heavy atom. The lowest BCUT2D eigenvalue weighted by atomic mass is 10.0. The van der Waals surface area contributed by atoms with E-state index in [1.807, 2.05) is 55.7 Å². The monoisotopic (exact) mass is 539 g/mol. The SMILES string of the molecule is Cn1ccc(-c2cccc(-c3ccc4cnc(CNC(=O)c5ccc6c(c5)S(=O)(=O)CCOC6)cc4n3)c2)n1. The first-order valence-corrected chi connectivity index (χ1v) is 14.1. The number of nitrogens with zero attached hydrogens (tertiary/aromatic N) is 4. The molecule has 0 spiro atoms. The van der Waals surface area contributed by atoms with Gasteiger partial charge in [0.25, 0.3) is 5.91 Å². The van der Waals surface area contributed by atoms with Gasteiger partial charge in [0.15, 0.2) is 9.84 Å². The highest BCUT2D eigenvalue weighted by Gasteiger charge is 2.23. The first kappa shape index (κ1) is 24.9. The molecule has 0 saturated carbocycles. The standard InChI is InChI=1S/C29H25N5O4S/c1-34-10-9-26(33-34)20-4-2-3-19(13-20)25-8-7-22-16-30-24(15-27(22)32-25)17-31-29(35)21-5-6-23-18-38-11-12-39(36,37)28(23)14-21/h2-10,13-16H,11-12,17-18H2,1H3,(H,31,35). The summed E-state index contributed by atoms with van der Waals surface area (Å²) in [6, 6.07) is 20.5. The van der Waals surface area contributed by atoms with Crippen LogP contribution in [0.15, 0.2) is 84.0 Å². The molecule has 0 radical (unpaired) electrons. The maximum atomic E-state index is 12.9. The Morgan fingerprint density at radius 3 is 2.69 bits per heavy atom. The van der Waals surface area contributed by atoms with E-state index in [0.717, 1.165) is 33.4 Å². The van der Waals surface area contributed by atoms with Crippen molar-refractivity contribution >= 4 is 26.6 Å². The molecule has 0 bridgehead atoms. The van der Waals surface area contributed by atoms with Crippen LogP contribution in [0.25, 0.3) is 33.4 Å². The third kappa shape index (κ3) is 5.16. The second-order valence-electron chi connectivity index (χ2n) is 9.40. The number of sulfone groups is 1. The smallest absolute Gasteiger partial charge is 0.251 e. The molecule has 196 valence electrons. The maximum Gasteiger partial charge on any atom is 0.251 e. The number of ether oxygens (including phenoxy) is 1. The van der Waals surface area contributed by atoms with Crippen molar-refractivity contribution in [2.45, 2.75) is 18.0 Å². The number of carbonyl (C=O) groups excluding carboxylic acids is 1. The number of rotatable bonds is 5. The van der Waals surface area contributed by atoms with Crippen molar-refractivity contribution in [2.24, 2.45) is 7.05 Å². The van der Waals surface area contributed by atoms with Crippen LogP contribution in [0.4, 0.5) is 0 Å². The minimum atomic E-state index is -3.50. The predicted octanol–water partition coefficient (Wildman–Crippen LogP) is 3.93. The van der Waals surface area contributed by atoms with Crippen molar-refractivity contribution in [2.75, 3.05) is 12.4 Å². The van der Waals surface area contributed by atoms with E-state index < -0.39 is 9.84 Å². The lowest BCUT2D eigenvalue weighted by Crippen LogP contribution is -2.23. The molecular formula is C29H25N5O4S. The van der Waals surface area contributed by atoms with Gasteiger partial charge in [-0.25, -0.2) is 13.4 Å². The fraction of sp³-hybridized carbons (Fsp3) is 0.172. The van der Waals surface area contributed by atoms with Crippen LogP contribution in [0.2, 0.25) is 0 Å². The quantitative estimate of drug-likeness (QED) is 0.360. The van der Waals surface area contributed by atoms with E-state index >= 15 is 0 Å². The number of nitrogens with one attached hydrogen (secondary N) is 1. The van der Waals surface area contributed by atoms with E-state index in [1.165, 1.54) is 6.07 Å². The number of benzene rings is 2. The molecule has 39 heavy (non-hydrogen) atoms. The van der Waals surface area contributed by atoms with Crippen LogP contribution in [-0.4, -0.2) is 46.4 Å². The van der Waals surface area contributed by atoms with Gasteiger partial charge in [0.05, 0.1) is 53.0 Å². The third-order valence-electron chi connectivity index (χ3n) is 6.65. The van der Waals surface area contributed by atoms with E-state index in [0.29, 0.717) is 11.3 Å². The first-order chi connectivity index (χ1) is 18.9. The van der Waals surface area contributed by atoms with Crippen molar-refractivity contribution in [3.63, 3.8) is 0 Å². The second-order valence-corrected chi connectivity index (χ2v) is 11.5. The van der Waals surface area contributed by atoms with E-state index in [4.69, 9.17) is 9.72 Å². The molecule has 0 saturated heterocycles. The van der Waals surface area contributed by atoms with Gasteiger partial charge in [-0.1, -0.05) is 24.3 Å². The number of hydrogen-bond donors (Lipinski definition) is 1. The maximum absolute atomic E-state index is 12.9. The van der Waals surface area contributed by atoms with E-state index in [2.05, 4.69) is 21.5 Å². The molecule has 0 unspecified atom stereocenters. The molecule has 1 amide bonds. The minimum Gasteiger partial charge on any atom is -0.376 e. The van der Waals surface area contributed by atoms with Gasteiger partial charge in [-0.2, -0.15) is 5.10 Å². The van der Waals surface area contributed by atoms with Gasteiger partial charge in [-0.3, -0.25) is 14.5 Å². The zero-order valence-electron chi connectivity index (χ0n) is 21.2. The molecular weight excluding hydrogens is 514 g/mol. The highest BCUT2D eigenvalue weighted by molar-refractivity contribution is 7.91. The summed E-state index contributed by atoms with van der Waals surface area (Å²) in [5.41, 5.74) is 5.91. The van der Waals surface area contributed by atoms with Gasteiger partial charge in [0, 0.05) is 41.5 Å². The molecule has 2 aromatic carbocycles. The highest BCUT2D eigenvalue weighted by atomic mass is 32.2. The zero-order chi connectivity index (χ0) is 27.0. The van der Waals surface area contributed by atoms with Gasteiger partial charge in [0.2, 0.25) is 0 Å². The van der Waals surface area contributed by atoms with Crippen molar-refractivity contribution in [1.82, 2.24) is 25.1 Å². The van der Waals surface area contributed by atoms with Crippen LogP contribution in [0, 0.1) is 0 Å². The average molecular weight is 540 g/mol. The minimum absolute atomic E-state index is 0.103. The highest BCUT2D eigenvalue weighted by Crippen LogP contribution is 2.26. The summed E-state index contributed by atoms with van der Waals surface area (Å²) >= 11 is 0. The van der Waals surface area contributed by atoms with Crippen molar-refractivity contribution in [1.29, 1.82) is 0 Å². The lowest BCUT2D eigenvalue weighted by Gasteiger charge is -2.10. The molecule has 0 fully saturated rings. The Labute approximate surface area is 225 Å². The summed E-state index contributed by atoms with van der Waals surface area (Å²) in [7, 11) is -1.61. The number of aryl methyl sites for hydroxylation is 1. The van der Waals surface area contributed by atoms with Crippen LogP contribution >= 0.6 is 0 Å². The first-order valence-electron chi connectivity index (χ1n) is 12.4. The zero-order valence-corrected chi connectivity index (χ0v) is 22.0. The third-order valence-corrected chi connectivity index (χ3v) is 8.40. The van der Waals surface area contributed by atoms with Gasteiger partial charge < -0.3 is 10.1 Å². The summed E-state index contributed by atoms with van der Waals surface area (Å²) < 4.78 is 32.3. The molecule has 1 N–H and O–H groups in total. The van der Waals surface area contributed by atoms with E-state index in [-0.39, 0.29) is 41.9 Å². The van der Waals surface area contributed by atoms with E-state index in [1.54, 1.807) is 23.0 Å². The average Bonchev–Trinajstić information content (AvgIpc) is 3.33. The number of aromatic nitrogens is 4. The Hall–Kier alpha value is -4.41. The Morgan fingerprint density at radius 2 is 1.87 bits per heavy atom. The topological polar surface area (TPSA) is 116 Å². The van der Waals surface area contributed by atoms with Gasteiger partial charge >= 0.3 is 0 Å². The Balaban J connectivity index is 1.22. The number of hydrogen-bond acceptors (Lipinski definition) is 7. The fourth-order valence-corrected chi connectivity index (χ4v) is 5.95. The molecule has 3 aromatic heterocycles. The Kier molecular flexibility index (Phi) is 6.41. The van der Waals surface area contributed by atoms with Crippen molar-refractivity contribution in [3.05, 3.63) is 95.9 Å². The summed E-state index contributed by atoms with van der Waals surface area (Å²) in [6.07, 6.45) is 3.64. The largest absolute Gasteiger partial charge is 0.376 e. The van der Waals surface area contributed by atoms with E-state index in [9.17, 15) is 13.2 Å². The second kappa shape index (κ2) is 10.0. The van der Waals surface area contributed by atoms with Crippen molar-refractivity contribution < 1.29 is 17.9 Å². The van der Waals surface area contributed by atoms with Crippen molar-refractivity contribution in [3.8, 4) is 22.5 Å². The summed E-state index contributed by atoms with van der Waals surface area (Å²) in [6.45, 7) is 0.514. The molecule has 1 aliphatic rings. The van der Waals surface area contributed by atoms with Gasteiger partial charge in [-0.05, 0) is 48.0 Å². The molecule has 6 rings (SSSR count). The summed E-state index contributed by atoms with van der Waals surface area (Å²) in [4.78, 5) is 22.3. The Bertz CT molecular complexity index is 1830. The lowest BCUT2D eigenvalue weighted by molar-refractivity contribution is 0.0950. The molecule has 10 heteroatoms. The summed E-state index contributed by atoms with van der Waals surface area (Å²) in [5, 5.41) is 8.21. The molecule has 4 heterocycles. The molecule has 9 nitrogen and oxygen atoms in total. The van der Waals surface area contributed by atoms with Crippen LogP contribution in [0.3, 0.4) is 0 Å². The van der Waals surface area contributed by atoms with Crippen LogP contribution < -0.4 is 5.32 Å². The van der Waals surface area contributed by atoms with Gasteiger partial charge in [0.1, 0.15) is 0 Å². The number of pyridine rings is 2. The molecule has 1 aliphatic heterocycles. The van der Waals surface area contributed by atoms with Crippen LogP contribution in [0.1, 0.15) is 21.6 Å². The molecule has 0 aliphatic carbocycles. The normalized spacial score (nSPS) is 14.5. The number of fused-ring (bicyclic) bond motifs is 2. The van der Waals surface area contributed by atoms with Gasteiger partial charge in [-0.15, -0.1) is 0 Å². The number of carbonyl (C=O) groups is 1. The summed E-state index contributed by atoms with van der Waals surface area (Å²) in [5.74, 6) is -0.484. The number of amides is 1. The fourth-order valence-electron chi connectivity index (χ4n) is 4.56. The molecule has 0 atom stereocenters. The van der Waals surface area contributed by atoms with Crippen LogP contribution in [-0.2, 0) is 34.8 Å².